The number of hydrogen-bond acceptors (Lipinski definition) is 0. The van der Waals surface area contributed by atoms with Crippen LogP contribution in [-0.2, 0) is 28.2 Å². The first-order valence-electron chi connectivity index (χ1n) is 32.0. The second kappa shape index (κ2) is 24.5. The Morgan fingerprint density at radius 3 is 1.51 bits per heavy atom. The summed E-state index contributed by atoms with van der Waals surface area (Å²) in [6.45, 7) is 20.1. The fourth-order valence-electron chi connectivity index (χ4n) is 14.1. The maximum atomic E-state index is 2.50. The third-order valence-electron chi connectivity index (χ3n) is 18.6. The number of aromatic nitrogens is 8. The van der Waals surface area contributed by atoms with Crippen molar-refractivity contribution < 1.29 is 18.3 Å². The maximum Gasteiger partial charge on any atom is 0.295 e. The summed E-state index contributed by atoms with van der Waals surface area (Å²) in [5.74, 6) is 0.913. The van der Waals surface area contributed by atoms with Crippen molar-refractivity contribution in [2.45, 2.75) is 74.1 Å². The Bertz CT molecular complexity index is 5390. The highest BCUT2D eigenvalue weighted by atomic mass is 15.4. The molecule has 6 heterocycles. The number of rotatable bonds is 6. The Labute approximate surface area is 534 Å². The molecular formula is C83H82N8+4. The highest BCUT2D eigenvalue weighted by Crippen LogP contribution is 2.40. The van der Waals surface area contributed by atoms with Crippen LogP contribution in [0.15, 0.2) is 249 Å². The molecule has 0 unspecified atom stereocenters. The lowest BCUT2D eigenvalue weighted by molar-refractivity contribution is -0.741. The predicted molar refractivity (Wildman–Crippen MR) is 379 cm³/mol. The highest BCUT2D eigenvalue weighted by Gasteiger charge is 2.29. The second-order valence-electron chi connectivity index (χ2n) is 25.2. The third-order valence-corrected chi connectivity index (χ3v) is 18.6. The van der Waals surface area contributed by atoms with Crippen molar-refractivity contribution in [3.8, 4) is 33.9 Å². The number of imidazole rings is 2. The van der Waals surface area contributed by atoms with Gasteiger partial charge in [0.1, 0.15) is 51.5 Å². The van der Waals surface area contributed by atoms with E-state index in [1.165, 1.54) is 149 Å². The molecule has 450 valence electrons. The summed E-state index contributed by atoms with van der Waals surface area (Å²) in [5, 5.41) is 10.5. The minimum atomic E-state index is 0.456. The summed E-state index contributed by atoms with van der Waals surface area (Å²) in [7, 11) is 8.54. The molecule has 0 bridgehead atoms. The van der Waals surface area contributed by atoms with E-state index in [4.69, 9.17) is 0 Å². The van der Waals surface area contributed by atoms with Gasteiger partial charge in [0.25, 0.3) is 11.3 Å². The van der Waals surface area contributed by atoms with Crippen LogP contribution < -0.4 is 18.3 Å². The fourth-order valence-corrected chi connectivity index (χ4v) is 14.1. The van der Waals surface area contributed by atoms with E-state index >= 15 is 0 Å². The van der Waals surface area contributed by atoms with Crippen molar-refractivity contribution in [3.63, 3.8) is 0 Å². The van der Waals surface area contributed by atoms with E-state index in [0.717, 1.165) is 0 Å². The molecule has 0 aliphatic carbocycles. The lowest BCUT2D eigenvalue weighted by Crippen LogP contribution is -2.39. The molecule has 6 aromatic heterocycles. The van der Waals surface area contributed by atoms with Gasteiger partial charge in [-0.2, -0.15) is 8.80 Å². The lowest BCUT2D eigenvalue weighted by atomic mass is 9.87. The van der Waals surface area contributed by atoms with Gasteiger partial charge in [0, 0.05) is 39.6 Å². The van der Waals surface area contributed by atoms with Crippen LogP contribution in [0.5, 0.6) is 0 Å². The molecular weight excluding hydrogens is 1110 g/mol. The van der Waals surface area contributed by atoms with Gasteiger partial charge in [-0.1, -0.05) is 198 Å². The van der Waals surface area contributed by atoms with E-state index in [-0.39, 0.29) is 0 Å². The number of hydrogen-bond donors (Lipinski definition) is 0. The second-order valence-corrected chi connectivity index (χ2v) is 25.2. The molecule has 0 aliphatic rings. The average Bonchev–Trinajstić information content (AvgIpc) is 1.67. The van der Waals surface area contributed by atoms with Gasteiger partial charge in [-0.3, -0.25) is 0 Å². The van der Waals surface area contributed by atoms with Gasteiger partial charge in [0.15, 0.2) is 19.8 Å². The molecule has 0 saturated heterocycles. The van der Waals surface area contributed by atoms with E-state index in [2.05, 4.69) is 376 Å². The molecule has 0 radical (unpaired) electrons. The number of pyridine rings is 2. The summed E-state index contributed by atoms with van der Waals surface area (Å²) >= 11 is 0. The van der Waals surface area contributed by atoms with Crippen molar-refractivity contribution in [2.24, 2.45) is 28.2 Å². The van der Waals surface area contributed by atoms with E-state index in [1.54, 1.807) is 0 Å². The van der Waals surface area contributed by atoms with E-state index in [1.807, 2.05) is 0 Å². The topological polar surface area (TPSA) is 34.9 Å². The van der Waals surface area contributed by atoms with Gasteiger partial charge in [-0.25, -0.2) is 9.13 Å². The zero-order chi connectivity index (χ0) is 63.4. The maximum absolute atomic E-state index is 2.50. The van der Waals surface area contributed by atoms with Gasteiger partial charge in [-0.05, 0) is 134 Å². The molecule has 16 rings (SSSR count). The molecule has 91 heavy (non-hydrogen) atoms. The van der Waals surface area contributed by atoms with Crippen LogP contribution in [0.25, 0.3) is 110 Å². The van der Waals surface area contributed by atoms with Crippen LogP contribution >= 0.6 is 0 Å². The van der Waals surface area contributed by atoms with Crippen LogP contribution in [0, 0.1) is 34.6 Å². The summed E-state index contributed by atoms with van der Waals surface area (Å²) in [5.41, 5.74) is 24.4. The van der Waals surface area contributed by atoms with Crippen molar-refractivity contribution in [2.75, 3.05) is 0 Å². The zero-order valence-electron chi connectivity index (χ0n) is 54.9. The lowest BCUT2D eigenvalue weighted by Gasteiger charge is -2.18. The van der Waals surface area contributed by atoms with Gasteiger partial charge in [0.05, 0.1) is 35.6 Å². The Morgan fingerprint density at radius 1 is 0.385 bits per heavy atom. The fraction of sp³-hybridized carbons (Fsp3) is 0.181. The van der Waals surface area contributed by atoms with Crippen molar-refractivity contribution in [3.05, 3.63) is 288 Å². The normalized spacial score (nSPS) is 11.5. The highest BCUT2D eigenvalue weighted by molar-refractivity contribution is 6.13. The predicted octanol–water partition coefficient (Wildman–Crippen LogP) is 18.2. The number of nitrogens with zero attached hydrogens (tertiary/aromatic N) is 8. The standard InChI is InChI=1S/C29H31N2.C21H19N2.C18H17N2.C15H15N2/c1-18(2)21-13-10-14-22(19(3)4)28(21)26-17-30(6)29-27-20(5)11-9-15-24(27)23-12-7-8-16-25(23)31(26)29;1-16-10-6-8-14-19(16)23-20-15-9-7-13-18(20)21(22(23)2)17-11-4-3-5-12-17;1-12-7-6-9-15-14-8-4-5-10-16(14)20-11-13(2)19(3)18(20)17(12)15;1-12-7-3-5-9-14(12)17-15-10-6-4-8-13(15)11-16(17)2/h7-19H,1-6H3;3-15H,1-2H3;4-11H,1-3H3;3-11H,1-2H3/q4*+1. The average molecular weight is 1190 g/mol. The molecule has 8 nitrogen and oxygen atoms in total. The van der Waals surface area contributed by atoms with Gasteiger partial charge < -0.3 is 0 Å². The Morgan fingerprint density at radius 2 is 0.868 bits per heavy atom. The number of fused-ring (bicyclic) bond motifs is 14. The molecule has 0 N–H and O–H groups in total. The Kier molecular flexibility index (Phi) is 16.0. The quantitative estimate of drug-likeness (QED) is 0.117. The monoisotopic (exact) mass is 1190 g/mol. The molecule has 0 aliphatic heterocycles. The number of aryl methyl sites for hydroxylation is 8. The van der Waals surface area contributed by atoms with Crippen molar-refractivity contribution in [1.29, 1.82) is 0 Å². The summed E-state index contributed by atoms with van der Waals surface area (Å²) in [4.78, 5) is 0. The molecule has 8 heteroatoms. The van der Waals surface area contributed by atoms with Gasteiger partial charge >= 0.3 is 0 Å². The third kappa shape index (κ3) is 10.5. The summed E-state index contributed by atoms with van der Waals surface area (Å²) in [6.07, 6.45) is 6.71. The molecule has 0 saturated carbocycles. The van der Waals surface area contributed by atoms with Gasteiger partial charge in [0.2, 0.25) is 11.9 Å². The van der Waals surface area contributed by atoms with Crippen molar-refractivity contribution >= 4 is 76.5 Å². The SMILES string of the molecule is Cc1cccc2c3ccccc3[n+]3cc(C)n(C)c3c12.Cc1cccc2c3ccccc3n3c(-c4c(C(C)C)cccc4C(C)C)c[n+](C)c3c12.Cc1ccccc1-n1c2ccccc2c(-c2ccccc2)[n+]1C.Cc1ccccc1-n1c2ccccc2c[n+]1C. The molecule has 0 atom stereocenters. The summed E-state index contributed by atoms with van der Waals surface area (Å²) < 4.78 is 18.3. The smallest absolute Gasteiger partial charge is 0.232 e. The minimum Gasteiger partial charge on any atom is -0.232 e. The van der Waals surface area contributed by atoms with Crippen LogP contribution in [0.4, 0.5) is 0 Å². The van der Waals surface area contributed by atoms with E-state index < -0.39 is 0 Å². The van der Waals surface area contributed by atoms with Gasteiger partial charge in [-0.15, -0.1) is 18.7 Å². The molecule has 0 amide bonds. The van der Waals surface area contributed by atoms with E-state index in [9.17, 15) is 0 Å². The Hall–Kier alpha value is -10.4. The molecule has 0 spiro atoms. The van der Waals surface area contributed by atoms with E-state index in [0.29, 0.717) is 11.8 Å². The molecule has 16 aromatic rings. The van der Waals surface area contributed by atoms with Crippen LogP contribution in [0.3, 0.4) is 0 Å². The first-order chi connectivity index (χ1) is 44.1. The number of benzene rings is 10. The van der Waals surface area contributed by atoms with Crippen molar-refractivity contribution in [1.82, 2.24) is 18.3 Å². The zero-order valence-corrected chi connectivity index (χ0v) is 54.9. The largest absolute Gasteiger partial charge is 0.295 e. The molecule has 0 fully saturated rings. The van der Waals surface area contributed by atoms with Crippen LogP contribution in [-0.4, -0.2) is 18.3 Å². The number of para-hydroxylation sites is 6. The Balaban J connectivity index is 0.000000114. The minimum absolute atomic E-state index is 0.456. The van der Waals surface area contributed by atoms with Crippen LogP contribution in [0.1, 0.15) is 78.6 Å². The van der Waals surface area contributed by atoms with Crippen LogP contribution in [0.2, 0.25) is 0 Å². The first-order valence-corrected chi connectivity index (χ1v) is 32.0. The first kappa shape index (κ1) is 59.5. The summed E-state index contributed by atoms with van der Waals surface area (Å²) in [6, 6.07) is 82.2. The molecule has 10 aromatic carbocycles.